The normalized spacial score (nSPS) is 12.7. The minimum atomic E-state index is -0.463. The van der Waals surface area contributed by atoms with Crippen molar-refractivity contribution in [1.82, 2.24) is 10.3 Å². The molecule has 36 heavy (non-hydrogen) atoms. The SMILES string of the molecule is COc1ccccc1C#Cc1cc2c(c(C(=O)N[C@@H](CO)Cc3c[nH]c4ccccc34)c1)OCC=C2. The fourth-order valence-corrected chi connectivity index (χ4v) is 4.36. The minimum Gasteiger partial charge on any atom is -0.495 e. The van der Waals surface area contributed by atoms with Crippen LogP contribution in [0.5, 0.6) is 11.5 Å². The minimum absolute atomic E-state index is 0.193. The number of rotatable bonds is 6. The van der Waals surface area contributed by atoms with E-state index < -0.39 is 6.04 Å². The lowest BCUT2D eigenvalue weighted by molar-refractivity contribution is 0.0913. The number of ether oxygens (including phenoxy) is 2. The number of aromatic amines is 1. The highest BCUT2D eigenvalue weighted by Crippen LogP contribution is 2.30. The van der Waals surface area contributed by atoms with Crippen LogP contribution in [0, 0.1) is 11.8 Å². The zero-order valence-electron chi connectivity index (χ0n) is 19.9. The number of fused-ring (bicyclic) bond motifs is 2. The number of benzene rings is 3. The lowest BCUT2D eigenvalue weighted by Crippen LogP contribution is -2.39. The molecule has 6 nitrogen and oxygen atoms in total. The molecule has 1 aliphatic rings. The predicted molar refractivity (Wildman–Crippen MR) is 140 cm³/mol. The largest absolute Gasteiger partial charge is 0.495 e. The summed E-state index contributed by atoms with van der Waals surface area (Å²) in [7, 11) is 1.61. The maximum atomic E-state index is 13.4. The highest BCUT2D eigenvalue weighted by atomic mass is 16.5. The van der Waals surface area contributed by atoms with Crippen LogP contribution >= 0.6 is 0 Å². The van der Waals surface area contributed by atoms with Gasteiger partial charge in [-0.1, -0.05) is 48.2 Å². The Hall–Kier alpha value is -4.47. The van der Waals surface area contributed by atoms with Gasteiger partial charge in [0.15, 0.2) is 0 Å². The molecule has 0 bridgehead atoms. The Kier molecular flexibility index (Phi) is 6.74. The van der Waals surface area contributed by atoms with Crippen LogP contribution in [-0.4, -0.2) is 42.4 Å². The molecule has 4 aromatic rings. The standard InChI is InChI=1S/C30H26N2O4/c1-35-28-11-5-2-7-21(28)13-12-20-15-22-8-6-14-36-29(22)26(16-20)30(34)32-24(19-33)17-23-18-31-27-10-4-3-9-25(23)27/h2-11,15-16,18,24,31,33H,14,17,19H2,1H3,(H,32,34)/t24-/m1/s1. The molecule has 3 aromatic carbocycles. The number of hydrogen-bond donors (Lipinski definition) is 3. The Balaban J connectivity index is 1.43. The van der Waals surface area contributed by atoms with E-state index in [9.17, 15) is 9.90 Å². The van der Waals surface area contributed by atoms with Crippen LogP contribution in [-0.2, 0) is 6.42 Å². The molecule has 1 aliphatic heterocycles. The second-order valence-electron chi connectivity index (χ2n) is 8.52. The molecular weight excluding hydrogens is 452 g/mol. The summed E-state index contributed by atoms with van der Waals surface area (Å²) in [5, 5.41) is 14.1. The molecule has 0 aliphatic carbocycles. The summed E-state index contributed by atoms with van der Waals surface area (Å²) in [5.74, 6) is 7.17. The summed E-state index contributed by atoms with van der Waals surface area (Å²) in [5.41, 5.74) is 4.66. The van der Waals surface area contributed by atoms with Crippen molar-refractivity contribution in [2.75, 3.05) is 20.3 Å². The number of methoxy groups -OCH3 is 1. The molecule has 1 aromatic heterocycles. The van der Waals surface area contributed by atoms with E-state index in [1.54, 1.807) is 13.2 Å². The molecule has 0 radical (unpaired) electrons. The van der Waals surface area contributed by atoms with Gasteiger partial charge >= 0.3 is 0 Å². The number of hydrogen-bond acceptors (Lipinski definition) is 4. The molecule has 0 fully saturated rings. The van der Waals surface area contributed by atoms with Gasteiger partial charge in [-0.3, -0.25) is 4.79 Å². The van der Waals surface area contributed by atoms with Crippen LogP contribution in [0.3, 0.4) is 0 Å². The van der Waals surface area contributed by atoms with Crippen LogP contribution in [0.15, 0.2) is 72.9 Å². The number of carbonyl (C=O) groups is 1. The van der Waals surface area contributed by atoms with Gasteiger partial charge in [0.25, 0.3) is 5.91 Å². The Morgan fingerprint density at radius 1 is 1.17 bits per heavy atom. The lowest BCUT2D eigenvalue weighted by atomic mass is 10.0. The second-order valence-corrected chi connectivity index (χ2v) is 8.52. The second kappa shape index (κ2) is 10.4. The van der Waals surface area contributed by atoms with Crippen molar-refractivity contribution in [2.45, 2.75) is 12.5 Å². The van der Waals surface area contributed by atoms with Crippen molar-refractivity contribution in [3.63, 3.8) is 0 Å². The van der Waals surface area contributed by atoms with Crippen LogP contribution in [0.1, 0.15) is 32.6 Å². The number of amides is 1. The first kappa shape index (κ1) is 23.3. The molecule has 0 saturated carbocycles. The van der Waals surface area contributed by atoms with E-state index in [2.05, 4.69) is 22.1 Å². The van der Waals surface area contributed by atoms with Gasteiger partial charge in [-0.05, 0) is 48.4 Å². The molecule has 0 saturated heterocycles. The van der Waals surface area contributed by atoms with Crippen molar-refractivity contribution in [3.05, 3.63) is 101 Å². The van der Waals surface area contributed by atoms with E-state index in [1.807, 2.05) is 72.9 Å². The fourth-order valence-electron chi connectivity index (χ4n) is 4.36. The average Bonchev–Trinajstić information content (AvgIpc) is 3.33. The van der Waals surface area contributed by atoms with Gasteiger partial charge in [-0.2, -0.15) is 0 Å². The van der Waals surface area contributed by atoms with Crippen molar-refractivity contribution in [3.8, 4) is 23.3 Å². The molecule has 5 rings (SSSR count). The van der Waals surface area contributed by atoms with Crippen LogP contribution in [0.25, 0.3) is 17.0 Å². The van der Waals surface area contributed by atoms with E-state index in [0.717, 1.165) is 27.6 Å². The number of nitrogens with one attached hydrogen (secondary N) is 2. The highest BCUT2D eigenvalue weighted by Gasteiger charge is 2.22. The molecule has 0 unspecified atom stereocenters. The van der Waals surface area contributed by atoms with Gasteiger partial charge in [0.2, 0.25) is 0 Å². The Labute approximate surface area is 209 Å². The zero-order valence-corrected chi connectivity index (χ0v) is 19.9. The number of aromatic nitrogens is 1. The third-order valence-corrected chi connectivity index (χ3v) is 6.13. The third-order valence-electron chi connectivity index (χ3n) is 6.13. The van der Waals surface area contributed by atoms with Crippen molar-refractivity contribution in [2.24, 2.45) is 0 Å². The number of carbonyl (C=O) groups excluding carboxylic acids is 1. The van der Waals surface area contributed by atoms with E-state index in [-0.39, 0.29) is 12.5 Å². The fraction of sp³-hybridized carbons (Fsp3) is 0.167. The maximum Gasteiger partial charge on any atom is 0.255 e. The van der Waals surface area contributed by atoms with E-state index in [1.165, 1.54) is 0 Å². The summed E-state index contributed by atoms with van der Waals surface area (Å²) in [6.45, 7) is 0.194. The van der Waals surface area contributed by atoms with Gasteiger partial charge in [0.1, 0.15) is 18.1 Å². The summed E-state index contributed by atoms with van der Waals surface area (Å²) in [6, 6.07) is 18.7. The summed E-state index contributed by atoms with van der Waals surface area (Å²) in [6.07, 6.45) is 6.24. The van der Waals surface area contributed by atoms with Crippen LogP contribution < -0.4 is 14.8 Å². The number of para-hydroxylation sites is 2. The quantitative estimate of drug-likeness (QED) is 0.361. The van der Waals surface area contributed by atoms with Gasteiger partial charge in [0.05, 0.1) is 30.9 Å². The molecule has 6 heteroatoms. The number of aliphatic hydroxyl groups is 1. The van der Waals surface area contributed by atoms with Crippen molar-refractivity contribution < 1.29 is 19.4 Å². The summed E-state index contributed by atoms with van der Waals surface area (Å²) < 4.78 is 11.2. The van der Waals surface area contributed by atoms with E-state index in [4.69, 9.17) is 9.47 Å². The molecule has 180 valence electrons. The zero-order chi connectivity index (χ0) is 24.9. The molecule has 1 amide bonds. The Bertz CT molecular complexity index is 1510. The van der Waals surface area contributed by atoms with Crippen molar-refractivity contribution >= 4 is 22.9 Å². The highest BCUT2D eigenvalue weighted by molar-refractivity contribution is 5.99. The summed E-state index contributed by atoms with van der Waals surface area (Å²) >= 11 is 0. The van der Waals surface area contributed by atoms with Gasteiger partial charge < -0.3 is 24.9 Å². The molecule has 0 spiro atoms. The van der Waals surface area contributed by atoms with Crippen molar-refractivity contribution in [1.29, 1.82) is 0 Å². The first-order valence-electron chi connectivity index (χ1n) is 11.8. The first-order valence-corrected chi connectivity index (χ1v) is 11.8. The predicted octanol–water partition coefficient (Wildman–Crippen LogP) is 4.32. The van der Waals surface area contributed by atoms with E-state index in [0.29, 0.717) is 35.7 Å². The van der Waals surface area contributed by atoms with Gasteiger partial charge in [0, 0.05) is 28.2 Å². The average molecular weight is 479 g/mol. The van der Waals surface area contributed by atoms with Crippen LogP contribution in [0.2, 0.25) is 0 Å². The third kappa shape index (κ3) is 4.83. The first-order chi connectivity index (χ1) is 17.7. The summed E-state index contributed by atoms with van der Waals surface area (Å²) in [4.78, 5) is 16.6. The molecule has 1 atom stereocenters. The Morgan fingerprint density at radius 3 is 2.86 bits per heavy atom. The molecule has 3 N–H and O–H groups in total. The lowest BCUT2D eigenvalue weighted by Gasteiger charge is -2.20. The van der Waals surface area contributed by atoms with Gasteiger partial charge in [-0.15, -0.1) is 0 Å². The molecule has 2 heterocycles. The van der Waals surface area contributed by atoms with Gasteiger partial charge in [-0.25, -0.2) is 0 Å². The number of H-pyrrole nitrogens is 1. The number of aliphatic hydroxyl groups excluding tert-OH is 1. The molecular formula is C30H26N2O4. The Morgan fingerprint density at radius 2 is 2.00 bits per heavy atom. The smallest absolute Gasteiger partial charge is 0.255 e. The van der Waals surface area contributed by atoms with E-state index >= 15 is 0 Å². The monoisotopic (exact) mass is 478 g/mol. The maximum absolute atomic E-state index is 13.4. The van der Waals surface area contributed by atoms with Crippen LogP contribution in [0.4, 0.5) is 0 Å². The topological polar surface area (TPSA) is 83.6 Å².